The highest BCUT2D eigenvalue weighted by Crippen LogP contribution is 2.16. The topological polar surface area (TPSA) is 44.5 Å². The Bertz CT molecular complexity index is 836. The first-order valence-electron chi connectivity index (χ1n) is 5.94. The van der Waals surface area contributed by atoms with Crippen LogP contribution in [0, 0.1) is 16.1 Å². The third-order valence-corrected chi connectivity index (χ3v) is 3.40. The molecule has 0 saturated carbocycles. The predicted octanol–water partition coefficient (Wildman–Crippen LogP) is 3.62. The van der Waals surface area contributed by atoms with Crippen molar-refractivity contribution in [2.24, 2.45) is 0 Å². The van der Waals surface area contributed by atoms with Crippen molar-refractivity contribution in [2.75, 3.05) is 0 Å². The lowest BCUT2D eigenvalue weighted by Gasteiger charge is -2.05. The van der Waals surface area contributed by atoms with Crippen LogP contribution < -0.4 is 0 Å². The van der Waals surface area contributed by atoms with Crippen LogP contribution in [0.5, 0.6) is 0 Å². The number of hydrogen-bond acceptors (Lipinski definition) is 2. The fraction of sp³-hybridized carbons (Fsp3) is 0.0667. The first-order chi connectivity index (χ1) is 9.28. The van der Waals surface area contributed by atoms with E-state index < -0.39 is 0 Å². The highest BCUT2D eigenvalue weighted by atomic mass is 32.1. The minimum atomic E-state index is 0.665. The number of benzene rings is 2. The summed E-state index contributed by atoms with van der Waals surface area (Å²) in [4.78, 5) is 3.19. The number of nitriles is 1. The summed E-state index contributed by atoms with van der Waals surface area (Å²) in [5, 5.41) is 8.93. The Morgan fingerprint density at radius 1 is 1.16 bits per heavy atom. The SMILES string of the molecule is N#Cc1cccc(Cn2c(=S)[nH]c3ccccc32)c1. The number of nitrogens with zero attached hydrogens (tertiary/aromatic N) is 2. The molecule has 0 aliphatic rings. The Morgan fingerprint density at radius 3 is 2.84 bits per heavy atom. The van der Waals surface area contributed by atoms with Crippen LogP contribution in [-0.2, 0) is 6.54 Å². The number of rotatable bonds is 2. The van der Waals surface area contributed by atoms with Crippen molar-refractivity contribution < 1.29 is 0 Å². The van der Waals surface area contributed by atoms with Crippen LogP contribution in [0.2, 0.25) is 0 Å². The molecule has 3 aromatic rings. The number of aromatic nitrogens is 2. The highest BCUT2D eigenvalue weighted by molar-refractivity contribution is 7.71. The molecule has 3 rings (SSSR count). The van der Waals surface area contributed by atoms with Crippen molar-refractivity contribution >= 4 is 23.3 Å². The first-order valence-corrected chi connectivity index (χ1v) is 6.35. The van der Waals surface area contributed by atoms with Gasteiger partial charge in [0.2, 0.25) is 0 Å². The maximum Gasteiger partial charge on any atom is 0.178 e. The third kappa shape index (κ3) is 2.16. The summed E-state index contributed by atoms with van der Waals surface area (Å²) < 4.78 is 2.74. The highest BCUT2D eigenvalue weighted by Gasteiger charge is 2.04. The number of H-pyrrole nitrogens is 1. The van der Waals surface area contributed by atoms with Gasteiger partial charge in [0.05, 0.1) is 29.2 Å². The van der Waals surface area contributed by atoms with E-state index in [1.807, 2.05) is 47.0 Å². The van der Waals surface area contributed by atoms with Gasteiger partial charge in [-0.05, 0) is 42.0 Å². The minimum absolute atomic E-state index is 0.665. The molecule has 0 fully saturated rings. The normalized spacial score (nSPS) is 10.5. The van der Waals surface area contributed by atoms with Gasteiger partial charge >= 0.3 is 0 Å². The number of para-hydroxylation sites is 2. The zero-order valence-corrected chi connectivity index (χ0v) is 10.9. The van der Waals surface area contributed by atoms with Gasteiger partial charge in [0.1, 0.15) is 0 Å². The van der Waals surface area contributed by atoms with Crippen molar-refractivity contribution in [3.8, 4) is 6.07 Å². The van der Waals surface area contributed by atoms with Gasteiger partial charge in [-0.3, -0.25) is 0 Å². The molecule has 0 spiro atoms. The van der Waals surface area contributed by atoms with E-state index in [0.717, 1.165) is 16.6 Å². The van der Waals surface area contributed by atoms with Gasteiger partial charge in [0.25, 0.3) is 0 Å². The molecule has 4 heteroatoms. The van der Waals surface area contributed by atoms with Gasteiger partial charge < -0.3 is 9.55 Å². The molecule has 0 saturated heterocycles. The average Bonchev–Trinajstić information content (AvgIpc) is 2.76. The van der Waals surface area contributed by atoms with E-state index in [4.69, 9.17) is 17.5 Å². The molecule has 0 aliphatic carbocycles. The van der Waals surface area contributed by atoms with Crippen LogP contribution in [0.4, 0.5) is 0 Å². The summed E-state index contributed by atoms with van der Waals surface area (Å²) in [7, 11) is 0. The van der Waals surface area contributed by atoms with E-state index in [-0.39, 0.29) is 0 Å². The summed E-state index contributed by atoms with van der Waals surface area (Å²) >= 11 is 5.36. The van der Waals surface area contributed by atoms with E-state index in [1.54, 1.807) is 6.07 Å². The summed E-state index contributed by atoms with van der Waals surface area (Å²) in [5.74, 6) is 0. The second kappa shape index (κ2) is 4.71. The lowest BCUT2D eigenvalue weighted by atomic mass is 10.1. The molecular weight excluding hydrogens is 254 g/mol. The van der Waals surface area contributed by atoms with Crippen LogP contribution in [0.25, 0.3) is 11.0 Å². The van der Waals surface area contributed by atoms with Crippen molar-refractivity contribution in [2.45, 2.75) is 6.54 Å². The maximum atomic E-state index is 8.93. The molecule has 2 aromatic carbocycles. The van der Waals surface area contributed by atoms with E-state index in [1.165, 1.54) is 0 Å². The van der Waals surface area contributed by atoms with E-state index in [9.17, 15) is 0 Å². The lowest BCUT2D eigenvalue weighted by Crippen LogP contribution is -1.99. The summed E-state index contributed by atoms with van der Waals surface area (Å²) in [5.41, 5.74) is 3.85. The van der Waals surface area contributed by atoms with Gasteiger partial charge in [-0.2, -0.15) is 5.26 Å². The molecule has 0 unspecified atom stereocenters. The fourth-order valence-electron chi connectivity index (χ4n) is 2.19. The molecule has 1 heterocycles. The third-order valence-electron chi connectivity index (χ3n) is 3.08. The Kier molecular flexibility index (Phi) is 2.90. The largest absolute Gasteiger partial charge is 0.331 e. The summed E-state index contributed by atoms with van der Waals surface area (Å²) in [6.07, 6.45) is 0. The molecule has 1 aromatic heterocycles. The molecular formula is C15H11N3S. The fourth-order valence-corrected chi connectivity index (χ4v) is 2.46. The summed E-state index contributed by atoms with van der Waals surface area (Å²) in [6, 6.07) is 17.8. The van der Waals surface area contributed by atoms with E-state index in [2.05, 4.69) is 11.1 Å². The van der Waals surface area contributed by atoms with Gasteiger partial charge in [0, 0.05) is 0 Å². The quantitative estimate of drug-likeness (QED) is 0.719. The molecule has 0 atom stereocenters. The van der Waals surface area contributed by atoms with Crippen molar-refractivity contribution in [1.29, 1.82) is 5.26 Å². The molecule has 0 aliphatic heterocycles. The minimum Gasteiger partial charge on any atom is -0.331 e. The zero-order valence-electron chi connectivity index (χ0n) is 10.1. The van der Waals surface area contributed by atoms with Crippen LogP contribution in [0.3, 0.4) is 0 Å². The number of imidazole rings is 1. The van der Waals surface area contributed by atoms with Gasteiger partial charge in [-0.1, -0.05) is 24.3 Å². The Morgan fingerprint density at radius 2 is 2.00 bits per heavy atom. The lowest BCUT2D eigenvalue weighted by molar-refractivity contribution is 0.810. The van der Waals surface area contributed by atoms with Crippen LogP contribution in [-0.4, -0.2) is 9.55 Å². The van der Waals surface area contributed by atoms with Crippen molar-refractivity contribution in [3.05, 3.63) is 64.4 Å². The van der Waals surface area contributed by atoms with Gasteiger partial charge in [0.15, 0.2) is 4.77 Å². The standard InChI is InChI=1S/C15H11N3S/c16-9-11-4-3-5-12(8-11)10-18-14-7-2-1-6-13(14)17-15(18)19/h1-8H,10H2,(H,17,19). The van der Waals surface area contributed by atoms with E-state index in [0.29, 0.717) is 16.9 Å². The van der Waals surface area contributed by atoms with Crippen molar-refractivity contribution in [1.82, 2.24) is 9.55 Å². The number of nitrogens with one attached hydrogen (secondary N) is 1. The monoisotopic (exact) mass is 265 g/mol. The van der Waals surface area contributed by atoms with Crippen LogP contribution >= 0.6 is 12.2 Å². The molecule has 1 N–H and O–H groups in total. The summed E-state index contributed by atoms with van der Waals surface area (Å²) in [6.45, 7) is 0.665. The predicted molar refractivity (Wildman–Crippen MR) is 77.4 cm³/mol. The second-order valence-electron chi connectivity index (χ2n) is 4.35. The van der Waals surface area contributed by atoms with Gasteiger partial charge in [-0.25, -0.2) is 0 Å². The maximum absolute atomic E-state index is 8.93. The van der Waals surface area contributed by atoms with Crippen LogP contribution in [0.15, 0.2) is 48.5 Å². The molecule has 0 radical (unpaired) electrons. The zero-order chi connectivity index (χ0) is 13.2. The number of hydrogen-bond donors (Lipinski definition) is 1. The molecule has 0 bridgehead atoms. The first kappa shape index (κ1) is 11.7. The van der Waals surface area contributed by atoms with E-state index >= 15 is 0 Å². The van der Waals surface area contributed by atoms with Crippen molar-refractivity contribution in [3.63, 3.8) is 0 Å². The molecule has 3 nitrogen and oxygen atoms in total. The Hall–Kier alpha value is -2.38. The number of aromatic amines is 1. The molecule has 92 valence electrons. The molecule has 19 heavy (non-hydrogen) atoms. The number of fused-ring (bicyclic) bond motifs is 1. The Labute approximate surface area is 115 Å². The van der Waals surface area contributed by atoms with Crippen LogP contribution in [0.1, 0.15) is 11.1 Å². The average molecular weight is 265 g/mol. The Balaban J connectivity index is 2.08. The molecule has 0 amide bonds. The van der Waals surface area contributed by atoms with Gasteiger partial charge in [-0.15, -0.1) is 0 Å². The second-order valence-corrected chi connectivity index (χ2v) is 4.73. The smallest absolute Gasteiger partial charge is 0.178 e.